The zero-order chi connectivity index (χ0) is 21.0. The summed E-state index contributed by atoms with van der Waals surface area (Å²) >= 11 is 0. The monoisotopic (exact) mass is 408 g/mol. The van der Waals surface area contributed by atoms with Crippen LogP contribution in [0.4, 0.5) is 0 Å². The van der Waals surface area contributed by atoms with E-state index in [9.17, 15) is 0 Å². The molecule has 28 heavy (non-hydrogen) atoms. The summed E-state index contributed by atoms with van der Waals surface area (Å²) in [6.07, 6.45) is 8.31. The Morgan fingerprint density at radius 1 is 0.357 bits per heavy atom. The fourth-order valence-corrected chi connectivity index (χ4v) is 1.95. The van der Waals surface area contributed by atoms with E-state index in [0.717, 1.165) is 39.1 Å². The lowest BCUT2D eigenvalue weighted by molar-refractivity contribution is 0.0136. The molecule has 0 bridgehead atoms. The van der Waals surface area contributed by atoms with Crippen LogP contribution in [-0.4, -0.2) is 79.8 Å². The van der Waals surface area contributed by atoms with Crippen LogP contribution in [0.15, 0.2) is 0 Å². The molecule has 0 aliphatic carbocycles. The summed E-state index contributed by atoms with van der Waals surface area (Å²) in [5, 5.41) is 0. The van der Waals surface area contributed by atoms with Gasteiger partial charge in [0, 0.05) is 26.9 Å². The Kier molecular flexibility index (Phi) is 33.7. The Morgan fingerprint density at radius 2 is 0.679 bits per heavy atom. The Bertz CT molecular complexity index is 219. The van der Waals surface area contributed by atoms with Crippen molar-refractivity contribution in [2.24, 2.45) is 0 Å². The summed E-state index contributed by atoms with van der Waals surface area (Å²) in [6, 6.07) is 0. The van der Waals surface area contributed by atoms with Crippen molar-refractivity contribution in [1.29, 1.82) is 0 Å². The van der Waals surface area contributed by atoms with Crippen molar-refractivity contribution < 1.29 is 28.4 Å². The summed E-state index contributed by atoms with van der Waals surface area (Å²) in [5.41, 5.74) is 0. The second kappa shape index (κ2) is 31.5. The predicted molar refractivity (Wildman–Crippen MR) is 115 cm³/mol. The molecule has 6 heteroatoms. The fraction of sp³-hybridized carbons (Fsp3) is 1.00. The summed E-state index contributed by atoms with van der Waals surface area (Å²) in [5.74, 6) is 0. The highest BCUT2D eigenvalue weighted by Gasteiger charge is 1.91. The Labute approximate surface area is 174 Å². The molecule has 0 radical (unpaired) electrons. The van der Waals surface area contributed by atoms with E-state index in [1.165, 1.54) is 25.7 Å². The normalized spacial score (nSPS) is 10.7. The lowest BCUT2D eigenvalue weighted by atomic mass is 10.3. The average Bonchev–Trinajstić information content (AvgIpc) is 2.71. The van der Waals surface area contributed by atoms with Crippen LogP contribution < -0.4 is 0 Å². The minimum Gasteiger partial charge on any atom is -0.382 e. The molecule has 0 N–H and O–H groups in total. The smallest absolute Gasteiger partial charge is 0.0701 e. The van der Waals surface area contributed by atoms with Gasteiger partial charge in [-0.25, -0.2) is 0 Å². The summed E-state index contributed by atoms with van der Waals surface area (Å²) < 4.78 is 31.5. The molecule has 0 rings (SSSR count). The summed E-state index contributed by atoms with van der Waals surface area (Å²) in [4.78, 5) is 0. The number of rotatable bonds is 22. The van der Waals surface area contributed by atoms with Crippen molar-refractivity contribution in [3.8, 4) is 0 Å². The van der Waals surface area contributed by atoms with Crippen LogP contribution >= 0.6 is 0 Å². The molecule has 0 amide bonds. The molecule has 0 saturated carbocycles. The Balaban J connectivity index is 0. The van der Waals surface area contributed by atoms with Gasteiger partial charge in [-0.05, 0) is 19.3 Å². The van der Waals surface area contributed by atoms with Crippen molar-refractivity contribution in [2.45, 2.75) is 65.7 Å². The lowest BCUT2D eigenvalue weighted by Gasteiger charge is -2.06. The van der Waals surface area contributed by atoms with Gasteiger partial charge in [-0.1, -0.05) is 46.5 Å². The van der Waals surface area contributed by atoms with Crippen molar-refractivity contribution >= 4 is 0 Å². The highest BCUT2D eigenvalue weighted by molar-refractivity contribution is 4.37. The van der Waals surface area contributed by atoms with E-state index in [1.54, 1.807) is 7.11 Å². The zero-order valence-corrected chi connectivity index (χ0v) is 19.2. The van der Waals surface area contributed by atoms with E-state index in [0.29, 0.717) is 52.9 Å². The van der Waals surface area contributed by atoms with Crippen LogP contribution in [0.2, 0.25) is 0 Å². The fourth-order valence-electron chi connectivity index (χ4n) is 1.95. The first-order valence-corrected chi connectivity index (χ1v) is 11.2. The number of methoxy groups -OCH3 is 1. The van der Waals surface area contributed by atoms with Crippen LogP contribution in [0, 0.1) is 0 Å². The van der Waals surface area contributed by atoms with Gasteiger partial charge in [0.1, 0.15) is 0 Å². The molecule has 0 aliphatic heterocycles. The Morgan fingerprint density at radius 3 is 1.04 bits per heavy atom. The molecule has 6 nitrogen and oxygen atoms in total. The Hall–Kier alpha value is -0.240. The largest absolute Gasteiger partial charge is 0.382 e. The van der Waals surface area contributed by atoms with Gasteiger partial charge >= 0.3 is 0 Å². The minimum atomic E-state index is 0.662. The molecule has 0 saturated heterocycles. The molecule has 0 heterocycles. The van der Waals surface area contributed by atoms with E-state index >= 15 is 0 Å². The standard InChI is InChI=1S/C12H26O3.C10H22O3/c1-3-5-7-13-9-11-15-12-10-14-8-6-4-2;1-3-4-5-6-12-9-10-13-8-7-11-2/h3-12H2,1-2H3;3-10H2,1-2H3. The first kappa shape index (κ1) is 30.0. The molecule has 0 unspecified atom stereocenters. The highest BCUT2D eigenvalue weighted by atomic mass is 16.5. The molecule has 0 spiro atoms. The summed E-state index contributed by atoms with van der Waals surface area (Å²) in [6.45, 7) is 14.6. The second-order valence-corrected chi connectivity index (χ2v) is 6.47. The quantitative estimate of drug-likeness (QED) is 0.246. The van der Waals surface area contributed by atoms with E-state index < -0.39 is 0 Å². The molecular formula is C22H48O6. The first-order chi connectivity index (χ1) is 13.8. The molecule has 0 aromatic rings. The van der Waals surface area contributed by atoms with Gasteiger partial charge < -0.3 is 28.4 Å². The first-order valence-electron chi connectivity index (χ1n) is 11.2. The third-order valence-electron chi connectivity index (χ3n) is 3.72. The van der Waals surface area contributed by atoms with E-state index in [-0.39, 0.29) is 0 Å². The second-order valence-electron chi connectivity index (χ2n) is 6.47. The predicted octanol–water partition coefficient (Wildman–Crippen LogP) is 4.49. The van der Waals surface area contributed by atoms with Crippen LogP contribution in [-0.2, 0) is 28.4 Å². The molecule has 0 atom stereocenters. The van der Waals surface area contributed by atoms with Crippen molar-refractivity contribution in [2.75, 3.05) is 79.8 Å². The van der Waals surface area contributed by atoms with Crippen LogP contribution in [0.5, 0.6) is 0 Å². The van der Waals surface area contributed by atoms with E-state index in [2.05, 4.69) is 20.8 Å². The van der Waals surface area contributed by atoms with E-state index in [4.69, 9.17) is 28.4 Å². The topological polar surface area (TPSA) is 55.4 Å². The van der Waals surface area contributed by atoms with Gasteiger partial charge in [-0.3, -0.25) is 0 Å². The van der Waals surface area contributed by atoms with Crippen molar-refractivity contribution in [3.63, 3.8) is 0 Å². The van der Waals surface area contributed by atoms with Crippen LogP contribution in [0.3, 0.4) is 0 Å². The van der Waals surface area contributed by atoms with Crippen molar-refractivity contribution in [3.05, 3.63) is 0 Å². The van der Waals surface area contributed by atoms with Crippen molar-refractivity contribution in [1.82, 2.24) is 0 Å². The molecule has 172 valence electrons. The third-order valence-corrected chi connectivity index (χ3v) is 3.72. The maximum atomic E-state index is 5.35. The highest BCUT2D eigenvalue weighted by Crippen LogP contribution is 1.93. The molecular weight excluding hydrogens is 360 g/mol. The molecule has 0 aromatic heterocycles. The summed E-state index contributed by atoms with van der Waals surface area (Å²) in [7, 11) is 1.67. The van der Waals surface area contributed by atoms with Crippen LogP contribution in [0.1, 0.15) is 65.7 Å². The van der Waals surface area contributed by atoms with Gasteiger partial charge in [0.05, 0.1) is 52.9 Å². The number of unbranched alkanes of at least 4 members (excludes halogenated alkanes) is 4. The van der Waals surface area contributed by atoms with Gasteiger partial charge in [-0.15, -0.1) is 0 Å². The van der Waals surface area contributed by atoms with Gasteiger partial charge in [-0.2, -0.15) is 0 Å². The van der Waals surface area contributed by atoms with Gasteiger partial charge in [0.2, 0.25) is 0 Å². The molecule has 0 aromatic carbocycles. The van der Waals surface area contributed by atoms with E-state index in [1.807, 2.05) is 0 Å². The average molecular weight is 409 g/mol. The molecule has 0 aliphatic rings. The SMILES string of the molecule is CCCCCOCCOCCOC.CCCCOCCOCCOCCCC. The van der Waals surface area contributed by atoms with Gasteiger partial charge in [0.15, 0.2) is 0 Å². The van der Waals surface area contributed by atoms with Gasteiger partial charge in [0.25, 0.3) is 0 Å². The lowest BCUT2D eigenvalue weighted by Crippen LogP contribution is -2.10. The third kappa shape index (κ3) is 33.4. The number of ether oxygens (including phenoxy) is 6. The zero-order valence-electron chi connectivity index (χ0n) is 19.2. The van der Waals surface area contributed by atoms with Crippen LogP contribution in [0.25, 0.3) is 0 Å². The maximum Gasteiger partial charge on any atom is 0.0701 e. The number of hydrogen-bond donors (Lipinski definition) is 0. The minimum absolute atomic E-state index is 0.662. The molecule has 0 fully saturated rings. The number of hydrogen-bond acceptors (Lipinski definition) is 6. The maximum absolute atomic E-state index is 5.35.